The van der Waals surface area contributed by atoms with E-state index in [-0.39, 0.29) is 27.4 Å². The number of hydrazine groups is 3. The lowest BCUT2D eigenvalue weighted by atomic mass is 10.1. The molecule has 0 saturated carbocycles. The fourth-order valence-electron chi connectivity index (χ4n) is 2.20. The first-order chi connectivity index (χ1) is 11.1. The van der Waals surface area contributed by atoms with Gasteiger partial charge in [-0.3, -0.25) is 20.2 Å². The number of fused-ring (bicyclic) bond motifs is 2. The van der Waals surface area contributed by atoms with Crippen molar-refractivity contribution < 1.29 is 24.9 Å². The molecule has 0 radical (unpaired) electrons. The Balaban J connectivity index is 2.80. The molecule has 0 fully saturated rings. The lowest BCUT2D eigenvalue weighted by Gasteiger charge is -2.36. The van der Waals surface area contributed by atoms with Crippen LogP contribution in [-0.4, -0.2) is 52.3 Å². The molecule has 0 aromatic heterocycles. The SMILES string of the molecule is O=[N+]([O-])C1=CN([N+](=O)[O-])C2C([N+](=O)[O-])=CN([N+](=O)[O-])C1N2[N+](=O)[O-]. The van der Waals surface area contributed by atoms with E-state index in [1.165, 1.54) is 0 Å². The first kappa shape index (κ1) is 16.3. The van der Waals surface area contributed by atoms with Crippen LogP contribution in [0.25, 0.3) is 0 Å². The van der Waals surface area contributed by atoms with Crippen molar-refractivity contribution in [2.24, 2.45) is 0 Å². The summed E-state index contributed by atoms with van der Waals surface area (Å²) in [6, 6.07) is 0. The van der Waals surface area contributed by atoms with E-state index in [9.17, 15) is 50.6 Å². The average Bonchev–Trinajstić information content (AvgIpc) is 2.44. The summed E-state index contributed by atoms with van der Waals surface area (Å²) in [5, 5.41) is 50.3. The molecule has 0 spiro atoms. The fourth-order valence-corrected chi connectivity index (χ4v) is 2.20. The van der Waals surface area contributed by atoms with Gasteiger partial charge in [0, 0.05) is 0 Å². The molecule has 0 aliphatic carbocycles. The minimum Gasteiger partial charge on any atom is -0.258 e. The van der Waals surface area contributed by atoms with Crippen molar-refractivity contribution in [2.75, 3.05) is 0 Å². The highest BCUT2D eigenvalue weighted by Gasteiger charge is 2.65. The molecule has 2 heterocycles. The molecule has 2 atom stereocenters. The lowest BCUT2D eigenvalue weighted by molar-refractivity contribution is -0.767. The maximum Gasteiger partial charge on any atom is 0.322 e. The summed E-state index contributed by atoms with van der Waals surface area (Å²) < 4.78 is 0. The minimum atomic E-state index is -2.32. The van der Waals surface area contributed by atoms with Crippen molar-refractivity contribution in [1.29, 1.82) is 0 Å². The van der Waals surface area contributed by atoms with Crippen molar-refractivity contribution in [2.45, 2.75) is 12.3 Å². The van der Waals surface area contributed by atoms with Gasteiger partial charge in [0.05, 0.1) is 9.85 Å². The normalized spacial score (nSPS) is 22.4. The van der Waals surface area contributed by atoms with Crippen molar-refractivity contribution in [1.82, 2.24) is 15.0 Å². The van der Waals surface area contributed by atoms with Crippen LogP contribution in [0.4, 0.5) is 0 Å². The Morgan fingerprint density at radius 1 is 0.667 bits per heavy atom. The molecule has 2 aliphatic heterocycles. The Bertz CT molecular complexity index is 675. The van der Waals surface area contributed by atoms with E-state index >= 15 is 0 Å². The third-order valence-electron chi connectivity index (χ3n) is 3.05. The van der Waals surface area contributed by atoms with Crippen LogP contribution in [0.5, 0.6) is 0 Å². The van der Waals surface area contributed by atoms with Crippen molar-refractivity contribution >= 4 is 0 Å². The van der Waals surface area contributed by atoms with Gasteiger partial charge in [0.15, 0.2) is 27.5 Å². The monoisotopic (exact) mass is 348 g/mol. The second-order valence-electron chi connectivity index (χ2n) is 4.22. The van der Waals surface area contributed by atoms with E-state index in [4.69, 9.17) is 0 Å². The maximum absolute atomic E-state index is 11.2. The molecule has 24 heavy (non-hydrogen) atoms. The summed E-state index contributed by atoms with van der Waals surface area (Å²) in [5.74, 6) is 0. The van der Waals surface area contributed by atoms with Crippen molar-refractivity contribution in [3.05, 3.63) is 74.4 Å². The Hall–Kier alpha value is -4.12. The first-order valence-electron chi connectivity index (χ1n) is 5.58. The molecule has 2 rings (SSSR count). The predicted octanol–water partition coefficient (Wildman–Crippen LogP) is -1.62. The zero-order chi connectivity index (χ0) is 18.3. The summed E-state index contributed by atoms with van der Waals surface area (Å²) in [7, 11) is 0. The van der Waals surface area contributed by atoms with E-state index < -0.39 is 48.7 Å². The highest BCUT2D eigenvalue weighted by molar-refractivity contribution is 5.16. The van der Waals surface area contributed by atoms with E-state index in [0.717, 1.165) is 0 Å². The van der Waals surface area contributed by atoms with Crippen LogP contribution < -0.4 is 0 Å². The van der Waals surface area contributed by atoms with Gasteiger partial charge < -0.3 is 0 Å². The number of hydrogen-bond donors (Lipinski definition) is 0. The first-order valence-corrected chi connectivity index (χ1v) is 5.58. The third-order valence-corrected chi connectivity index (χ3v) is 3.05. The number of nitro groups is 5. The van der Waals surface area contributed by atoms with Gasteiger partial charge in [-0.15, -0.1) is 0 Å². The Morgan fingerprint density at radius 2 is 1.00 bits per heavy atom. The number of nitrogens with zero attached hydrogens (tertiary/aromatic N) is 8. The molecule has 18 heteroatoms. The second-order valence-corrected chi connectivity index (χ2v) is 4.22. The highest BCUT2D eigenvalue weighted by atomic mass is 16.7. The largest absolute Gasteiger partial charge is 0.322 e. The topological polar surface area (TPSA) is 225 Å². The average molecular weight is 348 g/mol. The lowest BCUT2D eigenvalue weighted by Crippen LogP contribution is -2.68. The van der Waals surface area contributed by atoms with Gasteiger partial charge in [-0.25, -0.2) is 30.3 Å². The van der Waals surface area contributed by atoms with Crippen LogP contribution >= 0.6 is 0 Å². The molecule has 2 aliphatic rings. The van der Waals surface area contributed by atoms with Crippen LogP contribution in [0, 0.1) is 50.6 Å². The van der Waals surface area contributed by atoms with Gasteiger partial charge in [-0.1, -0.05) is 10.0 Å². The Kier molecular flexibility index (Phi) is 3.56. The van der Waals surface area contributed by atoms with Crippen molar-refractivity contribution in [3.8, 4) is 0 Å². The highest BCUT2D eigenvalue weighted by Crippen LogP contribution is 2.35. The van der Waals surface area contributed by atoms with Gasteiger partial charge in [0.1, 0.15) is 0 Å². The third kappa shape index (κ3) is 2.22. The summed E-state index contributed by atoms with van der Waals surface area (Å²) >= 11 is 0. The van der Waals surface area contributed by atoms with Crippen LogP contribution in [0.1, 0.15) is 0 Å². The van der Waals surface area contributed by atoms with Crippen LogP contribution in [0.3, 0.4) is 0 Å². The fraction of sp³-hybridized carbons (Fsp3) is 0.333. The predicted molar refractivity (Wildman–Crippen MR) is 64.2 cm³/mol. The second kappa shape index (κ2) is 5.26. The van der Waals surface area contributed by atoms with E-state index in [1.807, 2.05) is 0 Å². The van der Waals surface area contributed by atoms with E-state index in [2.05, 4.69) is 0 Å². The number of hydrogen-bond acceptors (Lipinski definition) is 10. The quantitative estimate of drug-likeness (QED) is 0.402. The van der Waals surface area contributed by atoms with Gasteiger partial charge in [0.25, 0.3) is 0 Å². The zero-order valence-electron chi connectivity index (χ0n) is 11.0. The molecule has 0 aromatic rings. The Morgan fingerprint density at radius 3 is 1.21 bits per heavy atom. The summed E-state index contributed by atoms with van der Waals surface area (Å²) in [4.78, 5) is 52.6. The summed E-state index contributed by atoms with van der Waals surface area (Å²) in [6.45, 7) is 0. The molecule has 128 valence electrons. The zero-order valence-corrected chi connectivity index (χ0v) is 11.0. The molecular formula is C6H4N8O10. The summed E-state index contributed by atoms with van der Waals surface area (Å²) in [6.07, 6.45) is -4.31. The molecule has 0 N–H and O–H groups in total. The molecule has 0 aromatic carbocycles. The van der Waals surface area contributed by atoms with Gasteiger partial charge >= 0.3 is 23.7 Å². The van der Waals surface area contributed by atoms with Crippen LogP contribution in [0.15, 0.2) is 23.8 Å². The van der Waals surface area contributed by atoms with Gasteiger partial charge in [-0.05, 0) is 5.01 Å². The molecule has 2 unspecified atom stereocenters. The molecule has 0 saturated heterocycles. The standard InChI is InChI=1S/C6H4N8O10/c15-10(16)3-1-7(12(19)20)6-4(11(17)18)2-8(13(21)22)5(3)9(6)14(23)24/h1-2,5-6H. The molecule has 2 bridgehead atoms. The van der Waals surface area contributed by atoms with Crippen LogP contribution in [-0.2, 0) is 0 Å². The molecule has 0 amide bonds. The summed E-state index contributed by atoms with van der Waals surface area (Å²) in [5.41, 5.74) is -2.56. The number of rotatable bonds is 5. The van der Waals surface area contributed by atoms with Gasteiger partial charge in [-0.2, -0.15) is 0 Å². The van der Waals surface area contributed by atoms with E-state index in [1.54, 1.807) is 0 Å². The van der Waals surface area contributed by atoms with E-state index in [0.29, 0.717) is 0 Å². The molecule has 18 nitrogen and oxygen atoms in total. The van der Waals surface area contributed by atoms with Crippen molar-refractivity contribution in [3.63, 3.8) is 0 Å². The smallest absolute Gasteiger partial charge is 0.258 e. The van der Waals surface area contributed by atoms with Crippen LogP contribution in [0.2, 0.25) is 0 Å². The molecular weight excluding hydrogens is 344 g/mol. The minimum absolute atomic E-state index is 0.169. The van der Waals surface area contributed by atoms with Gasteiger partial charge in [0.2, 0.25) is 0 Å². The maximum atomic E-state index is 11.2. The Labute approximate surface area is 128 Å².